The number of aliphatic hydroxyl groups excluding tert-OH is 3. The zero-order chi connectivity index (χ0) is 26.0. The standard InChI is InChI=1S/C29H52N2O4/c1-7-29-15-14-25(3)17-19(32)10-12-27(25,5)21(29)16-22(33)28(6)20(29)11-13-26(28,4)18(2)8-9-23(34)31-24(30)35/h18-23,32-34H,7-17H2,1-6H3,(H3,30,31,35)/t18-,19-,20-,21-,22+,23?,25-,26-,27-,28-,29+/m1/s1. The monoisotopic (exact) mass is 492 g/mol. The number of hydrogen-bond acceptors (Lipinski definition) is 4. The average molecular weight is 493 g/mol. The van der Waals surface area contributed by atoms with Gasteiger partial charge in [0.25, 0.3) is 0 Å². The molecular weight excluding hydrogens is 440 g/mol. The van der Waals surface area contributed by atoms with Gasteiger partial charge in [-0.3, -0.25) is 0 Å². The van der Waals surface area contributed by atoms with E-state index in [0.29, 0.717) is 24.2 Å². The van der Waals surface area contributed by atoms with Gasteiger partial charge in [-0.1, -0.05) is 41.5 Å². The quantitative estimate of drug-likeness (QED) is 0.338. The maximum atomic E-state index is 12.0. The first kappa shape index (κ1) is 27.2. The minimum absolute atomic E-state index is 0.0406. The molecule has 0 aromatic carbocycles. The second-order valence-electron chi connectivity index (χ2n) is 14.1. The molecular formula is C29H52N2O4. The average Bonchev–Trinajstić information content (AvgIpc) is 3.07. The number of fused-ring (bicyclic) bond motifs is 5. The number of carbonyl (C=O) groups excluding carboxylic acids is 1. The molecule has 4 fully saturated rings. The van der Waals surface area contributed by atoms with Crippen LogP contribution in [0.1, 0.15) is 112 Å². The van der Waals surface area contributed by atoms with Gasteiger partial charge in [0.1, 0.15) is 6.23 Å². The summed E-state index contributed by atoms with van der Waals surface area (Å²) in [6, 6.07) is -0.698. The summed E-state index contributed by atoms with van der Waals surface area (Å²) < 4.78 is 0. The molecule has 202 valence electrons. The van der Waals surface area contributed by atoms with Crippen LogP contribution in [-0.2, 0) is 0 Å². The van der Waals surface area contributed by atoms with Crippen LogP contribution in [0.15, 0.2) is 0 Å². The molecule has 1 unspecified atom stereocenters. The van der Waals surface area contributed by atoms with Crippen molar-refractivity contribution in [2.45, 2.75) is 131 Å². The lowest BCUT2D eigenvalue weighted by Crippen LogP contribution is -2.67. The molecule has 0 radical (unpaired) electrons. The van der Waals surface area contributed by atoms with Crippen molar-refractivity contribution < 1.29 is 20.1 Å². The molecule has 0 heterocycles. The van der Waals surface area contributed by atoms with E-state index in [2.05, 4.69) is 46.9 Å². The van der Waals surface area contributed by atoms with Crippen LogP contribution in [0.4, 0.5) is 4.79 Å². The third kappa shape index (κ3) is 3.71. The van der Waals surface area contributed by atoms with Crippen molar-refractivity contribution in [3.63, 3.8) is 0 Å². The van der Waals surface area contributed by atoms with Crippen LogP contribution in [0, 0.1) is 44.8 Å². The Balaban J connectivity index is 1.65. The number of rotatable bonds is 6. The molecule has 11 atom stereocenters. The largest absolute Gasteiger partial charge is 0.393 e. The summed E-state index contributed by atoms with van der Waals surface area (Å²) in [5.74, 6) is 1.26. The van der Waals surface area contributed by atoms with Crippen LogP contribution >= 0.6 is 0 Å². The molecule has 0 aromatic rings. The fourth-order valence-corrected chi connectivity index (χ4v) is 10.6. The Morgan fingerprint density at radius 1 is 1.03 bits per heavy atom. The lowest BCUT2D eigenvalue weighted by molar-refractivity contribution is -0.254. The van der Waals surface area contributed by atoms with Gasteiger partial charge in [-0.25, -0.2) is 4.79 Å². The van der Waals surface area contributed by atoms with Crippen LogP contribution in [0.5, 0.6) is 0 Å². The number of nitrogens with one attached hydrogen (secondary N) is 1. The van der Waals surface area contributed by atoms with Gasteiger partial charge in [0.05, 0.1) is 12.2 Å². The highest BCUT2D eigenvalue weighted by atomic mass is 16.3. The van der Waals surface area contributed by atoms with E-state index in [1.54, 1.807) is 0 Å². The fraction of sp³-hybridized carbons (Fsp3) is 0.966. The minimum Gasteiger partial charge on any atom is -0.393 e. The summed E-state index contributed by atoms with van der Waals surface area (Å²) in [6.45, 7) is 14.3. The number of carbonyl (C=O) groups is 1. The zero-order valence-corrected chi connectivity index (χ0v) is 23.1. The molecule has 0 bridgehead atoms. The highest BCUT2D eigenvalue weighted by Gasteiger charge is 2.73. The van der Waals surface area contributed by atoms with Crippen LogP contribution < -0.4 is 11.1 Å². The number of hydrogen-bond donors (Lipinski definition) is 5. The Morgan fingerprint density at radius 2 is 1.71 bits per heavy atom. The Kier molecular flexibility index (Phi) is 6.89. The Morgan fingerprint density at radius 3 is 2.34 bits per heavy atom. The van der Waals surface area contributed by atoms with Crippen molar-refractivity contribution in [2.24, 2.45) is 50.6 Å². The predicted octanol–water partition coefficient (Wildman–Crippen LogP) is 4.94. The summed E-state index contributed by atoms with van der Waals surface area (Å²) in [6.07, 6.45) is 9.25. The molecule has 0 saturated heterocycles. The molecule has 6 nitrogen and oxygen atoms in total. The van der Waals surface area contributed by atoms with E-state index >= 15 is 0 Å². The fourth-order valence-electron chi connectivity index (χ4n) is 10.6. The van der Waals surface area contributed by atoms with Gasteiger partial charge < -0.3 is 26.4 Å². The Bertz CT molecular complexity index is 823. The lowest BCUT2D eigenvalue weighted by atomic mass is 9.34. The van der Waals surface area contributed by atoms with E-state index in [4.69, 9.17) is 5.73 Å². The smallest absolute Gasteiger partial charge is 0.314 e. The van der Waals surface area contributed by atoms with Crippen molar-refractivity contribution >= 4 is 6.03 Å². The molecule has 6 heteroatoms. The normalized spacial score (nSPS) is 51.0. The van der Waals surface area contributed by atoms with E-state index < -0.39 is 12.3 Å². The van der Waals surface area contributed by atoms with E-state index in [0.717, 1.165) is 51.4 Å². The number of urea groups is 1. The van der Waals surface area contributed by atoms with Crippen molar-refractivity contribution in [1.29, 1.82) is 0 Å². The highest BCUT2D eigenvalue weighted by molar-refractivity contribution is 5.71. The Labute approximate surface area is 212 Å². The third-order valence-electron chi connectivity index (χ3n) is 13.3. The van der Waals surface area contributed by atoms with Crippen molar-refractivity contribution in [3.05, 3.63) is 0 Å². The summed E-state index contributed by atoms with van der Waals surface area (Å²) >= 11 is 0. The SMILES string of the molecule is CC[C@@]12CC[C@]3(C)C[C@H](O)CC[C@]3(C)[C@H]1C[C@H](O)[C@@]1(C)[C@H]2CC[C@]1(C)[C@H](C)CCC(O)NC(N)=O. The maximum Gasteiger partial charge on any atom is 0.314 e. The van der Waals surface area contributed by atoms with E-state index in [9.17, 15) is 20.1 Å². The van der Waals surface area contributed by atoms with Crippen LogP contribution in [-0.4, -0.2) is 39.8 Å². The van der Waals surface area contributed by atoms with E-state index in [1.807, 2.05) is 0 Å². The van der Waals surface area contributed by atoms with Crippen LogP contribution in [0.25, 0.3) is 0 Å². The van der Waals surface area contributed by atoms with E-state index in [-0.39, 0.29) is 39.3 Å². The van der Waals surface area contributed by atoms with Crippen molar-refractivity contribution in [3.8, 4) is 0 Å². The summed E-state index contributed by atoms with van der Waals surface area (Å²) in [7, 11) is 0. The number of amides is 2. The van der Waals surface area contributed by atoms with E-state index in [1.165, 1.54) is 12.8 Å². The summed E-state index contributed by atoms with van der Waals surface area (Å²) in [4.78, 5) is 11.1. The second-order valence-corrected chi connectivity index (χ2v) is 14.1. The molecule has 35 heavy (non-hydrogen) atoms. The van der Waals surface area contributed by atoms with Crippen molar-refractivity contribution in [1.82, 2.24) is 5.32 Å². The molecule has 0 aromatic heterocycles. The molecule has 6 N–H and O–H groups in total. The highest BCUT2D eigenvalue weighted by Crippen LogP contribution is 2.78. The van der Waals surface area contributed by atoms with Gasteiger partial charge in [0, 0.05) is 5.41 Å². The second kappa shape index (κ2) is 8.87. The third-order valence-corrected chi connectivity index (χ3v) is 13.3. The first-order valence-electron chi connectivity index (χ1n) is 14.3. The molecule has 0 aliphatic heterocycles. The van der Waals surface area contributed by atoms with Crippen LogP contribution in [0.3, 0.4) is 0 Å². The molecule has 4 saturated carbocycles. The van der Waals surface area contributed by atoms with Gasteiger partial charge >= 0.3 is 6.03 Å². The number of aliphatic hydroxyl groups is 3. The van der Waals surface area contributed by atoms with Gasteiger partial charge in [0.2, 0.25) is 0 Å². The maximum absolute atomic E-state index is 12.0. The summed E-state index contributed by atoms with van der Waals surface area (Å²) in [5.41, 5.74) is 5.48. The Hall–Kier alpha value is -0.850. The molecule has 4 rings (SSSR count). The van der Waals surface area contributed by atoms with Gasteiger partial charge in [0.15, 0.2) is 0 Å². The molecule has 4 aliphatic rings. The molecule has 2 amide bonds. The van der Waals surface area contributed by atoms with Gasteiger partial charge in [-0.15, -0.1) is 0 Å². The van der Waals surface area contributed by atoms with Crippen molar-refractivity contribution in [2.75, 3.05) is 0 Å². The zero-order valence-electron chi connectivity index (χ0n) is 23.1. The lowest BCUT2D eigenvalue weighted by Gasteiger charge is -2.71. The predicted molar refractivity (Wildman–Crippen MR) is 138 cm³/mol. The first-order chi connectivity index (χ1) is 16.2. The minimum atomic E-state index is -0.927. The number of primary amides is 1. The topological polar surface area (TPSA) is 116 Å². The number of nitrogens with two attached hydrogens (primary N) is 1. The molecule has 4 aliphatic carbocycles. The van der Waals surface area contributed by atoms with Gasteiger partial charge in [-0.2, -0.15) is 0 Å². The summed E-state index contributed by atoms with van der Waals surface area (Å²) in [5, 5.41) is 35.2. The van der Waals surface area contributed by atoms with Gasteiger partial charge in [-0.05, 0) is 110 Å². The van der Waals surface area contributed by atoms with Crippen LogP contribution in [0.2, 0.25) is 0 Å². The first-order valence-corrected chi connectivity index (χ1v) is 14.3. The molecule has 0 spiro atoms.